The van der Waals surface area contributed by atoms with Crippen LogP contribution in [-0.2, 0) is 9.53 Å². The molecule has 0 aromatic heterocycles. The lowest BCUT2D eigenvalue weighted by atomic mass is 9.94. The molecule has 0 radical (unpaired) electrons. The van der Waals surface area contributed by atoms with Gasteiger partial charge in [0, 0.05) is 12.5 Å². The number of hydrogen-bond acceptors (Lipinski definition) is 3. The Balaban J connectivity index is 3.61. The van der Waals surface area contributed by atoms with Crippen molar-refractivity contribution in [3.05, 3.63) is 0 Å². The first kappa shape index (κ1) is 13.4. The molecule has 2 unspecified atom stereocenters. The van der Waals surface area contributed by atoms with E-state index in [1.165, 1.54) is 0 Å². The molecule has 0 rings (SSSR count). The van der Waals surface area contributed by atoms with E-state index in [0.29, 0.717) is 18.9 Å². The van der Waals surface area contributed by atoms with Crippen LogP contribution < -0.4 is 5.73 Å². The average molecular weight is 201 g/mol. The molecule has 14 heavy (non-hydrogen) atoms. The molecular weight excluding hydrogens is 178 g/mol. The van der Waals surface area contributed by atoms with Crippen molar-refractivity contribution in [1.29, 1.82) is 0 Å². The van der Waals surface area contributed by atoms with Crippen LogP contribution in [0, 0.1) is 5.92 Å². The van der Waals surface area contributed by atoms with Gasteiger partial charge in [0.25, 0.3) is 0 Å². The molecule has 3 nitrogen and oxygen atoms in total. The number of hydrogen-bond donors (Lipinski definition) is 1. The fraction of sp³-hybridized carbons (Fsp3) is 0.909. The average Bonchev–Trinajstić information content (AvgIpc) is 2.15. The van der Waals surface area contributed by atoms with Gasteiger partial charge in [-0.25, -0.2) is 0 Å². The van der Waals surface area contributed by atoms with Gasteiger partial charge in [-0.3, -0.25) is 4.79 Å². The zero-order chi connectivity index (χ0) is 11.0. The highest BCUT2D eigenvalue weighted by molar-refractivity contribution is 5.69. The normalized spacial score (nSPS) is 14.9. The van der Waals surface area contributed by atoms with Crippen molar-refractivity contribution in [2.45, 2.75) is 52.5 Å². The molecule has 0 aromatic carbocycles. The highest BCUT2D eigenvalue weighted by Gasteiger charge is 2.13. The lowest BCUT2D eigenvalue weighted by molar-refractivity contribution is -0.143. The molecule has 0 aliphatic heterocycles. The number of nitrogens with two attached hydrogens (primary N) is 1. The second-order valence-corrected chi connectivity index (χ2v) is 3.77. The zero-order valence-electron chi connectivity index (χ0n) is 9.58. The molecule has 0 fully saturated rings. The summed E-state index contributed by atoms with van der Waals surface area (Å²) < 4.78 is 4.85. The van der Waals surface area contributed by atoms with E-state index in [4.69, 9.17) is 10.5 Å². The molecular formula is C11H23NO2. The number of rotatable bonds is 7. The minimum Gasteiger partial charge on any atom is -0.466 e. The SMILES string of the molecule is CCCC(N)C(C)CCC(=O)OCC. The molecule has 84 valence electrons. The van der Waals surface area contributed by atoms with Gasteiger partial charge in [-0.15, -0.1) is 0 Å². The number of carbonyl (C=O) groups excluding carboxylic acids is 1. The van der Waals surface area contributed by atoms with Crippen LogP contribution >= 0.6 is 0 Å². The Kier molecular flexibility index (Phi) is 7.48. The molecule has 0 spiro atoms. The van der Waals surface area contributed by atoms with E-state index in [-0.39, 0.29) is 12.0 Å². The Morgan fingerprint density at radius 1 is 1.36 bits per heavy atom. The fourth-order valence-electron chi connectivity index (χ4n) is 1.41. The summed E-state index contributed by atoms with van der Waals surface area (Å²) in [4.78, 5) is 11.1. The van der Waals surface area contributed by atoms with E-state index >= 15 is 0 Å². The predicted molar refractivity (Wildman–Crippen MR) is 57.9 cm³/mol. The molecule has 0 saturated heterocycles. The van der Waals surface area contributed by atoms with Crippen LogP contribution in [0.15, 0.2) is 0 Å². The van der Waals surface area contributed by atoms with Gasteiger partial charge in [-0.2, -0.15) is 0 Å². The Labute approximate surface area is 87.0 Å². The van der Waals surface area contributed by atoms with Crippen molar-refractivity contribution >= 4 is 5.97 Å². The lowest BCUT2D eigenvalue weighted by Gasteiger charge is -2.18. The smallest absolute Gasteiger partial charge is 0.305 e. The summed E-state index contributed by atoms with van der Waals surface area (Å²) in [5, 5.41) is 0. The molecule has 0 bridgehead atoms. The molecule has 0 aromatic rings. The van der Waals surface area contributed by atoms with Gasteiger partial charge >= 0.3 is 5.97 Å². The van der Waals surface area contributed by atoms with Gasteiger partial charge in [0.05, 0.1) is 6.61 Å². The maximum Gasteiger partial charge on any atom is 0.305 e. The van der Waals surface area contributed by atoms with Crippen LogP contribution in [0.1, 0.15) is 46.5 Å². The quantitative estimate of drug-likeness (QED) is 0.642. The van der Waals surface area contributed by atoms with Crippen LogP contribution in [0.25, 0.3) is 0 Å². The maximum atomic E-state index is 11.1. The lowest BCUT2D eigenvalue weighted by Crippen LogP contribution is -2.28. The Hall–Kier alpha value is -0.570. The van der Waals surface area contributed by atoms with Crippen LogP contribution in [0.5, 0.6) is 0 Å². The van der Waals surface area contributed by atoms with Crippen molar-refractivity contribution < 1.29 is 9.53 Å². The van der Waals surface area contributed by atoms with Gasteiger partial charge in [0.1, 0.15) is 0 Å². The van der Waals surface area contributed by atoms with Crippen molar-refractivity contribution in [1.82, 2.24) is 0 Å². The summed E-state index contributed by atoms with van der Waals surface area (Å²) in [5.74, 6) is 0.294. The third-order valence-electron chi connectivity index (χ3n) is 2.46. The van der Waals surface area contributed by atoms with Crippen LogP contribution in [0.4, 0.5) is 0 Å². The molecule has 0 heterocycles. The van der Waals surface area contributed by atoms with Gasteiger partial charge in [0.2, 0.25) is 0 Å². The van der Waals surface area contributed by atoms with Crippen molar-refractivity contribution in [2.24, 2.45) is 11.7 Å². The Bertz CT molecular complexity index is 159. The minimum absolute atomic E-state index is 0.108. The van der Waals surface area contributed by atoms with Gasteiger partial charge in [-0.05, 0) is 25.7 Å². The second-order valence-electron chi connectivity index (χ2n) is 3.77. The van der Waals surface area contributed by atoms with Crippen LogP contribution in [0.3, 0.4) is 0 Å². The molecule has 0 amide bonds. The molecule has 2 atom stereocenters. The zero-order valence-corrected chi connectivity index (χ0v) is 9.58. The molecule has 3 heteroatoms. The van der Waals surface area contributed by atoms with Crippen molar-refractivity contribution in [3.63, 3.8) is 0 Å². The first-order chi connectivity index (χ1) is 6.61. The highest BCUT2D eigenvalue weighted by Crippen LogP contribution is 2.13. The summed E-state index contributed by atoms with van der Waals surface area (Å²) >= 11 is 0. The summed E-state index contributed by atoms with van der Waals surface area (Å²) in [6.45, 7) is 6.51. The van der Waals surface area contributed by atoms with Gasteiger partial charge < -0.3 is 10.5 Å². The van der Waals surface area contributed by atoms with E-state index in [1.807, 2.05) is 6.92 Å². The van der Waals surface area contributed by atoms with E-state index in [0.717, 1.165) is 19.3 Å². The topological polar surface area (TPSA) is 52.3 Å². The van der Waals surface area contributed by atoms with E-state index < -0.39 is 0 Å². The molecule has 0 saturated carbocycles. The fourth-order valence-corrected chi connectivity index (χ4v) is 1.41. The summed E-state index contributed by atoms with van der Waals surface area (Å²) in [6.07, 6.45) is 3.46. The summed E-state index contributed by atoms with van der Waals surface area (Å²) in [5.41, 5.74) is 5.94. The monoisotopic (exact) mass is 201 g/mol. The van der Waals surface area contributed by atoms with E-state index in [1.54, 1.807) is 0 Å². The third-order valence-corrected chi connectivity index (χ3v) is 2.46. The van der Waals surface area contributed by atoms with E-state index in [2.05, 4.69) is 13.8 Å². The first-order valence-electron chi connectivity index (χ1n) is 5.53. The van der Waals surface area contributed by atoms with Gasteiger partial charge in [-0.1, -0.05) is 20.3 Å². The molecule has 2 N–H and O–H groups in total. The van der Waals surface area contributed by atoms with E-state index in [9.17, 15) is 4.79 Å². The van der Waals surface area contributed by atoms with Crippen LogP contribution in [0.2, 0.25) is 0 Å². The number of carbonyl (C=O) groups is 1. The van der Waals surface area contributed by atoms with Crippen molar-refractivity contribution in [2.75, 3.05) is 6.61 Å². The minimum atomic E-state index is -0.108. The third kappa shape index (κ3) is 5.97. The second kappa shape index (κ2) is 7.80. The predicted octanol–water partition coefficient (Wildman–Crippen LogP) is 2.09. The Morgan fingerprint density at radius 3 is 2.50 bits per heavy atom. The maximum absolute atomic E-state index is 11.1. The molecule has 0 aliphatic carbocycles. The standard InChI is InChI=1S/C11H23NO2/c1-4-6-10(12)9(3)7-8-11(13)14-5-2/h9-10H,4-8,12H2,1-3H3. The molecule has 0 aliphatic rings. The Morgan fingerprint density at radius 2 is 2.00 bits per heavy atom. The van der Waals surface area contributed by atoms with Gasteiger partial charge in [0.15, 0.2) is 0 Å². The first-order valence-corrected chi connectivity index (χ1v) is 5.53. The summed E-state index contributed by atoms with van der Waals surface area (Å²) in [7, 11) is 0. The highest BCUT2D eigenvalue weighted by atomic mass is 16.5. The van der Waals surface area contributed by atoms with Crippen molar-refractivity contribution in [3.8, 4) is 0 Å². The van der Waals surface area contributed by atoms with Crippen LogP contribution in [-0.4, -0.2) is 18.6 Å². The largest absolute Gasteiger partial charge is 0.466 e. The number of ether oxygens (including phenoxy) is 1. The summed E-state index contributed by atoms with van der Waals surface area (Å²) in [6, 6.07) is 0.217. The number of esters is 1.